The Morgan fingerprint density at radius 1 is 1.29 bits per heavy atom. The number of hydrogen-bond acceptors (Lipinski definition) is 5. The van der Waals surface area contributed by atoms with Gasteiger partial charge in [0.1, 0.15) is 5.75 Å². The number of piperidine rings is 1. The fraction of sp³-hybridized carbons (Fsp3) is 0.333. The lowest BCUT2D eigenvalue weighted by Gasteiger charge is -2.24. The molecule has 0 radical (unpaired) electrons. The molecule has 3 heterocycles. The molecule has 1 saturated heterocycles. The number of hydrogen-bond donors (Lipinski definition) is 3. The van der Waals surface area contributed by atoms with Crippen LogP contribution in [0.1, 0.15) is 18.4 Å². The number of phenolic OH excluding ortho intramolecular Hbond substituents is 1. The number of aromatic nitrogens is 3. The van der Waals surface area contributed by atoms with Gasteiger partial charge in [0.05, 0.1) is 11.1 Å². The van der Waals surface area contributed by atoms with Gasteiger partial charge >= 0.3 is 0 Å². The van der Waals surface area contributed by atoms with Crippen LogP contribution in [0.2, 0.25) is 0 Å². The lowest BCUT2D eigenvalue weighted by molar-refractivity contribution is 0.476. The molecule has 24 heavy (non-hydrogen) atoms. The zero-order chi connectivity index (χ0) is 16.5. The molecule has 1 aliphatic heterocycles. The first kappa shape index (κ1) is 15.0. The molecule has 4 rings (SSSR count). The second-order valence-corrected chi connectivity index (χ2v) is 6.34. The molecule has 3 aromatic rings. The van der Waals surface area contributed by atoms with Crippen molar-refractivity contribution >= 4 is 11.3 Å². The molecule has 0 unspecified atom stereocenters. The Bertz CT molecular complexity index is 867. The van der Waals surface area contributed by atoms with E-state index in [1.54, 1.807) is 6.07 Å². The molecule has 2 aromatic heterocycles. The summed E-state index contributed by atoms with van der Waals surface area (Å²) in [6.45, 7) is 3.97. The smallest absolute Gasteiger partial charge is 0.173 e. The average molecular weight is 323 g/mol. The predicted octanol–water partition coefficient (Wildman–Crippen LogP) is 2.57. The van der Waals surface area contributed by atoms with Gasteiger partial charge in [-0.1, -0.05) is 6.07 Å². The lowest BCUT2D eigenvalue weighted by Crippen LogP contribution is -2.38. The fourth-order valence-corrected chi connectivity index (χ4v) is 3.24. The first-order chi connectivity index (χ1) is 11.7. The van der Waals surface area contributed by atoms with Gasteiger partial charge in [0.15, 0.2) is 11.6 Å². The number of benzene rings is 1. The SMILES string of the molecule is Cc1ccc(-c2nnc(N[C@@H]3CCCNC3)c3cccn23)c(O)c1. The second-order valence-electron chi connectivity index (χ2n) is 6.34. The molecule has 6 heteroatoms. The molecule has 6 nitrogen and oxygen atoms in total. The minimum atomic E-state index is 0.219. The van der Waals surface area contributed by atoms with Gasteiger partial charge in [-0.2, -0.15) is 0 Å². The van der Waals surface area contributed by atoms with Crippen LogP contribution in [0.15, 0.2) is 36.5 Å². The highest BCUT2D eigenvalue weighted by Gasteiger charge is 2.17. The molecule has 1 aliphatic rings. The maximum absolute atomic E-state index is 10.3. The van der Waals surface area contributed by atoms with E-state index in [9.17, 15) is 5.11 Å². The summed E-state index contributed by atoms with van der Waals surface area (Å²) < 4.78 is 1.97. The minimum absolute atomic E-state index is 0.219. The molecule has 1 fully saturated rings. The molecule has 0 amide bonds. The summed E-state index contributed by atoms with van der Waals surface area (Å²) >= 11 is 0. The highest BCUT2D eigenvalue weighted by atomic mass is 16.3. The molecule has 124 valence electrons. The van der Waals surface area contributed by atoms with Crippen molar-refractivity contribution in [3.63, 3.8) is 0 Å². The Balaban J connectivity index is 1.74. The highest BCUT2D eigenvalue weighted by molar-refractivity contribution is 5.74. The van der Waals surface area contributed by atoms with Gasteiger partial charge in [0.25, 0.3) is 0 Å². The molecule has 3 N–H and O–H groups in total. The third-order valence-corrected chi connectivity index (χ3v) is 4.50. The fourth-order valence-electron chi connectivity index (χ4n) is 3.24. The van der Waals surface area contributed by atoms with Crippen molar-refractivity contribution in [2.24, 2.45) is 0 Å². The lowest BCUT2D eigenvalue weighted by atomic mass is 10.1. The summed E-state index contributed by atoms with van der Waals surface area (Å²) in [7, 11) is 0. The number of aryl methyl sites for hydroxylation is 1. The van der Waals surface area contributed by atoms with Crippen molar-refractivity contribution in [2.75, 3.05) is 18.4 Å². The third kappa shape index (κ3) is 2.69. The Morgan fingerprint density at radius 3 is 3.00 bits per heavy atom. The molecule has 0 saturated carbocycles. The molecular formula is C18H21N5O. The van der Waals surface area contributed by atoms with Crippen molar-refractivity contribution in [3.8, 4) is 17.1 Å². The Hall–Kier alpha value is -2.60. The van der Waals surface area contributed by atoms with Crippen LogP contribution in [0.3, 0.4) is 0 Å². The summed E-state index contributed by atoms with van der Waals surface area (Å²) in [5, 5.41) is 25.9. The number of nitrogens with one attached hydrogen (secondary N) is 2. The van der Waals surface area contributed by atoms with Crippen LogP contribution in [0.4, 0.5) is 5.82 Å². The molecule has 0 spiro atoms. The summed E-state index contributed by atoms with van der Waals surface area (Å²) in [5.41, 5.74) is 2.65. The molecule has 0 bridgehead atoms. The summed E-state index contributed by atoms with van der Waals surface area (Å²) in [5.74, 6) is 1.64. The van der Waals surface area contributed by atoms with E-state index in [-0.39, 0.29) is 5.75 Å². The quantitative estimate of drug-likeness (QED) is 0.691. The predicted molar refractivity (Wildman–Crippen MR) is 94.3 cm³/mol. The summed E-state index contributed by atoms with van der Waals surface area (Å²) in [4.78, 5) is 0. The monoisotopic (exact) mass is 323 g/mol. The highest BCUT2D eigenvalue weighted by Crippen LogP contribution is 2.30. The van der Waals surface area contributed by atoms with E-state index in [0.29, 0.717) is 17.4 Å². The molecule has 1 atom stereocenters. The largest absolute Gasteiger partial charge is 0.507 e. The van der Waals surface area contributed by atoms with Crippen molar-refractivity contribution < 1.29 is 5.11 Å². The van der Waals surface area contributed by atoms with E-state index >= 15 is 0 Å². The van der Waals surface area contributed by atoms with Crippen molar-refractivity contribution in [3.05, 3.63) is 42.1 Å². The number of phenols is 1. The first-order valence-corrected chi connectivity index (χ1v) is 8.33. The van der Waals surface area contributed by atoms with Gasteiger partial charge in [-0.25, -0.2) is 0 Å². The second kappa shape index (κ2) is 6.13. The van der Waals surface area contributed by atoms with Crippen LogP contribution in [0, 0.1) is 6.92 Å². The van der Waals surface area contributed by atoms with Crippen LogP contribution < -0.4 is 10.6 Å². The van der Waals surface area contributed by atoms with Crippen LogP contribution >= 0.6 is 0 Å². The maximum Gasteiger partial charge on any atom is 0.173 e. The zero-order valence-electron chi connectivity index (χ0n) is 13.7. The number of rotatable bonds is 3. The normalized spacial score (nSPS) is 18.0. The van der Waals surface area contributed by atoms with E-state index < -0.39 is 0 Å². The van der Waals surface area contributed by atoms with E-state index in [1.807, 2.05) is 41.8 Å². The van der Waals surface area contributed by atoms with Gasteiger partial charge in [-0.3, -0.25) is 4.40 Å². The average Bonchev–Trinajstić information content (AvgIpc) is 3.07. The van der Waals surface area contributed by atoms with Gasteiger partial charge < -0.3 is 15.7 Å². The third-order valence-electron chi connectivity index (χ3n) is 4.50. The molecule has 0 aliphatic carbocycles. The number of aromatic hydroxyl groups is 1. The first-order valence-electron chi connectivity index (χ1n) is 8.33. The summed E-state index contributed by atoms with van der Waals surface area (Å²) in [6, 6.07) is 9.94. The van der Waals surface area contributed by atoms with E-state index in [0.717, 1.165) is 42.8 Å². The van der Waals surface area contributed by atoms with Crippen molar-refractivity contribution in [2.45, 2.75) is 25.8 Å². The molecule has 1 aromatic carbocycles. The van der Waals surface area contributed by atoms with Crippen LogP contribution in [-0.4, -0.2) is 38.8 Å². The van der Waals surface area contributed by atoms with E-state index in [4.69, 9.17) is 0 Å². The zero-order valence-corrected chi connectivity index (χ0v) is 13.7. The van der Waals surface area contributed by atoms with Crippen molar-refractivity contribution in [1.29, 1.82) is 0 Å². The topological polar surface area (TPSA) is 74.5 Å². The number of anilines is 1. The number of fused-ring (bicyclic) bond motifs is 1. The van der Waals surface area contributed by atoms with Gasteiger partial charge in [0, 0.05) is 18.8 Å². The summed E-state index contributed by atoms with van der Waals surface area (Å²) in [6.07, 6.45) is 4.24. The molecular weight excluding hydrogens is 302 g/mol. The Labute approximate surface area is 140 Å². The minimum Gasteiger partial charge on any atom is -0.507 e. The Kier molecular flexibility index (Phi) is 3.82. The van der Waals surface area contributed by atoms with E-state index in [1.165, 1.54) is 0 Å². The van der Waals surface area contributed by atoms with Crippen LogP contribution in [0.25, 0.3) is 16.9 Å². The van der Waals surface area contributed by atoms with Crippen LogP contribution in [0.5, 0.6) is 5.75 Å². The van der Waals surface area contributed by atoms with Gasteiger partial charge in [-0.05, 0) is 56.1 Å². The van der Waals surface area contributed by atoms with Gasteiger partial charge in [0.2, 0.25) is 0 Å². The Morgan fingerprint density at radius 2 is 2.21 bits per heavy atom. The van der Waals surface area contributed by atoms with Crippen molar-refractivity contribution in [1.82, 2.24) is 19.9 Å². The van der Waals surface area contributed by atoms with Gasteiger partial charge in [-0.15, -0.1) is 10.2 Å². The van der Waals surface area contributed by atoms with E-state index in [2.05, 4.69) is 20.8 Å². The standard InChI is InChI=1S/C18H21N5O/c1-12-6-7-14(16(24)10-12)18-22-21-17(15-5-3-9-23(15)18)20-13-4-2-8-19-11-13/h3,5-7,9-10,13,19,24H,2,4,8,11H2,1H3,(H,20,21)/t13-/m1/s1. The maximum atomic E-state index is 10.3. The van der Waals surface area contributed by atoms with Crippen LogP contribution in [-0.2, 0) is 0 Å². The number of nitrogens with zero attached hydrogens (tertiary/aromatic N) is 3.